The Morgan fingerprint density at radius 2 is 1.96 bits per heavy atom. The molecule has 7 heteroatoms. The molecule has 2 aromatic carbocycles. The topological polar surface area (TPSA) is 46.9 Å². The Morgan fingerprint density at radius 3 is 2.71 bits per heavy atom. The molecule has 1 aromatic heterocycles. The second-order valence-corrected chi connectivity index (χ2v) is 6.84. The number of amides is 1. The van der Waals surface area contributed by atoms with E-state index in [0.717, 1.165) is 10.0 Å². The summed E-state index contributed by atoms with van der Waals surface area (Å²) in [4.78, 5) is 12.2. The molecule has 0 aliphatic rings. The van der Waals surface area contributed by atoms with E-state index in [1.807, 2.05) is 18.2 Å². The van der Waals surface area contributed by atoms with Crippen LogP contribution in [0.15, 0.2) is 59.2 Å². The van der Waals surface area contributed by atoms with Gasteiger partial charge in [-0.1, -0.05) is 51.3 Å². The van der Waals surface area contributed by atoms with Crippen LogP contribution in [0.4, 0.5) is 5.82 Å². The number of nitrogens with one attached hydrogen (secondary N) is 1. The van der Waals surface area contributed by atoms with Crippen molar-refractivity contribution >= 4 is 50.9 Å². The van der Waals surface area contributed by atoms with Gasteiger partial charge in [0.05, 0.1) is 16.6 Å². The molecule has 122 valence electrons. The number of carbonyl (C=O) groups is 1. The molecule has 0 saturated carbocycles. The van der Waals surface area contributed by atoms with Crippen LogP contribution in [0.1, 0.15) is 15.9 Å². The summed E-state index contributed by atoms with van der Waals surface area (Å²) in [6.45, 7) is 0.531. The van der Waals surface area contributed by atoms with Crippen molar-refractivity contribution in [1.29, 1.82) is 0 Å². The molecule has 1 N–H and O–H groups in total. The highest BCUT2D eigenvalue weighted by Crippen LogP contribution is 2.23. The third-order valence-corrected chi connectivity index (χ3v) is 4.53. The molecule has 0 spiro atoms. The molecule has 0 saturated heterocycles. The van der Waals surface area contributed by atoms with Gasteiger partial charge in [0.2, 0.25) is 0 Å². The van der Waals surface area contributed by atoms with Gasteiger partial charge in [-0.3, -0.25) is 9.48 Å². The minimum atomic E-state index is -0.212. The van der Waals surface area contributed by atoms with Crippen LogP contribution in [0.2, 0.25) is 10.0 Å². The molecule has 0 bridgehead atoms. The van der Waals surface area contributed by atoms with Gasteiger partial charge in [-0.25, -0.2) is 0 Å². The van der Waals surface area contributed by atoms with Crippen LogP contribution in [0.3, 0.4) is 0 Å². The quantitative estimate of drug-likeness (QED) is 0.621. The Labute approximate surface area is 157 Å². The van der Waals surface area contributed by atoms with E-state index >= 15 is 0 Å². The Bertz CT molecular complexity index is 895. The first-order chi connectivity index (χ1) is 11.5. The number of hydrogen-bond acceptors (Lipinski definition) is 2. The van der Waals surface area contributed by atoms with E-state index in [0.29, 0.717) is 28.0 Å². The fraction of sp³-hybridized carbons (Fsp3) is 0.0588. The highest BCUT2D eigenvalue weighted by molar-refractivity contribution is 9.10. The number of aromatic nitrogens is 2. The number of halogens is 3. The van der Waals surface area contributed by atoms with Crippen LogP contribution >= 0.6 is 39.1 Å². The summed E-state index contributed by atoms with van der Waals surface area (Å²) in [6, 6.07) is 14.3. The average molecular weight is 425 g/mol. The molecule has 0 aliphatic heterocycles. The third kappa shape index (κ3) is 4.17. The zero-order chi connectivity index (χ0) is 17.1. The SMILES string of the molecule is O=C(Nc1ccn(Cc2ccc(Cl)c(Cl)c2)n1)c1cccc(Br)c1. The second kappa shape index (κ2) is 7.38. The molecule has 24 heavy (non-hydrogen) atoms. The molecule has 0 aliphatic carbocycles. The second-order valence-electron chi connectivity index (χ2n) is 5.11. The van der Waals surface area contributed by atoms with Crippen LogP contribution < -0.4 is 5.32 Å². The first kappa shape index (κ1) is 17.0. The highest BCUT2D eigenvalue weighted by atomic mass is 79.9. The van der Waals surface area contributed by atoms with Gasteiger partial charge in [0.15, 0.2) is 5.82 Å². The lowest BCUT2D eigenvalue weighted by Crippen LogP contribution is -2.12. The van der Waals surface area contributed by atoms with E-state index in [-0.39, 0.29) is 5.91 Å². The number of rotatable bonds is 4. The summed E-state index contributed by atoms with van der Waals surface area (Å²) in [6.07, 6.45) is 1.79. The standard InChI is InChI=1S/C17H12BrCl2N3O/c18-13-3-1-2-12(9-13)17(24)21-16-6-7-23(22-16)10-11-4-5-14(19)15(20)8-11/h1-9H,10H2,(H,21,22,24). The maximum atomic E-state index is 12.2. The summed E-state index contributed by atoms with van der Waals surface area (Å²) >= 11 is 15.3. The average Bonchev–Trinajstić information content (AvgIpc) is 2.98. The zero-order valence-electron chi connectivity index (χ0n) is 12.3. The van der Waals surface area contributed by atoms with Gasteiger partial charge < -0.3 is 5.32 Å². The van der Waals surface area contributed by atoms with Gasteiger partial charge in [0.1, 0.15) is 0 Å². The normalized spacial score (nSPS) is 10.6. The predicted octanol–water partition coefficient (Wildman–Crippen LogP) is 5.25. The minimum Gasteiger partial charge on any atom is -0.305 e. The van der Waals surface area contributed by atoms with E-state index in [2.05, 4.69) is 26.3 Å². The fourth-order valence-corrected chi connectivity index (χ4v) is 2.88. The number of nitrogens with zero attached hydrogens (tertiary/aromatic N) is 2. The molecule has 3 rings (SSSR count). The smallest absolute Gasteiger partial charge is 0.256 e. The first-order valence-electron chi connectivity index (χ1n) is 7.05. The molecule has 0 atom stereocenters. The third-order valence-electron chi connectivity index (χ3n) is 3.30. The Balaban J connectivity index is 1.69. The van der Waals surface area contributed by atoms with E-state index < -0.39 is 0 Å². The van der Waals surface area contributed by atoms with Gasteiger partial charge in [-0.15, -0.1) is 0 Å². The highest BCUT2D eigenvalue weighted by Gasteiger charge is 2.09. The molecular formula is C17H12BrCl2N3O. The van der Waals surface area contributed by atoms with E-state index in [4.69, 9.17) is 23.2 Å². The summed E-state index contributed by atoms with van der Waals surface area (Å²) in [5.41, 5.74) is 1.53. The predicted molar refractivity (Wildman–Crippen MR) is 99.9 cm³/mol. The lowest BCUT2D eigenvalue weighted by molar-refractivity contribution is 0.102. The molecule has 0 unspecified atom stereocenters. The lowest BCUT2D eigenvalue weighted by atomic mass is 10.2. The molecule has 1 amide bonds. The van der Waals surface area contributed by atoms with Crippen molar-refractivity contribution in [3.8, 4) is 0 Å². The zero-order valence-corrected chi connectivity index (χ0v) is 15.4. The molecule has 1 heterocycles. The van der Waals surface area contributed by atoms with Gasteiger partial charge in [0, 0.05) is 22.3 Å². The maximum Gasteiger partial charge on any atom is 0.256 e. The Kier molecular flexibility index (Phi) is 5.23. The number of hydrogen-bond donors (Lipinski definition) is 1. The van der Waals surface area contributed by atoms with Crippen LogP contribution in [0, 0.1) is 0 Å². The van der Waals surface area contributed by atoms with Crippen molar-refractivity contribution in [3.05, 3.63) is 80.4 Å². The van der Waals surface area contributed by atoms with Gasteiger partial charge in [-0.05, 0) is 35.9 Å². The Hall–Kier alpha value is -1.82. The number of anilines is 1. The summed E-state index contributed by atoms with van der Waals surface area (Å²) in [7, 11) is 0. The molecule has 0 radical (unpaired) electrons. The summed E-state index contributed by atoms with van der Waals surface area (Å²) < 4.78 is 2.57. The van der Waals surface area contributed by atoms with Crippen molar-refractivity contribution in [3.63, 3.8) is 0 Å². The summed E-state index contributed by atoms with van der Waals surface area (Å²) in [5.74, 6) is 0.274. The van der Waals surface area contributed by atoms with Crippen molar-refractivity contribution in [2.45, 2.75) is 6.54 Å². The van der Waals surface area contributed by atoms with Crippen LogP contribution in [0.25, 0.3) is 0 Å². The lowest BCUT2D eigenvalue weighted by Gasteiger charge is -2.04. The number of carbonyl (C=O) groups excluding carboxylic acids is 1. The Morgan fingerprint density at radius 1 is 1.12 bits per heavy atom. The molecule has 0 fully saturated rings. The summed E-state index contributed by atoms with van der Waals surface area (Å²) in [5, 5.41) is 8.14. The molecule has 4 nitrogen and oxygen atoms in total. The van der Waals surface area contributed by atoms with Gasteiger partial charge in [0.25, 0.3) is 5.91 Å². The van der Waals surface area contributed by atoms with Crippen molar-refractivity contribution in [1.82, 2.24) is 9.78 Å². The number of benzene rings is 2. The first-order valence-corrected chi connectivity index (χ1v) is 8.60. The van der Waals surface area contributed by atoms with E-state index in [9.17, 15) is 4.79 Å². The maximum absolute atomic E-state index is 12.2. The van der Waals surface area contributed by atoms with Gasteiger partial charge >= 0.3 is 0 Å². The van der Waals surface area contributed by atoms with Crippen molar-refractivity contribution in [2.75, 3.05) is 5.32 Å². The van der Waals surface area contributed by atoms with Crippen molar-refractivity contribution in [2.24, 2.45) is 0 Å². The largest absolute Gasteiger partial charge is 0.305 e. The van der Waals surface area contributed by atoms with Crippen LogP contribution in [0.5, 0.6) is 0 Å². The molecular weight excluding hydrogens is 413 g/mol. The van der Waals surface area contributed by atoms with Crippen LogP contribution in [-0.2, 0) is 6.54 Å². The van der Waals surface area contributed by atoms with E-state index in [1.165, 1.54) is 0 Å². The van der Waals surface area contributed by atoms with Crippen LogP contribution in [-0.4, -0.2) is 15.7 Å². The monoisotopic (exact) mass is 423 g/mol. The minimum absolute atomic E-state index is 0.212. The molecule has 3 aromatic rings. The van der Waals surface area contributed by atoms with Gasteiger partial charge in [-0.2, -0.15) is 5.10 Å². The van der Waals surface area contributed by atoms with Crippen molar-refractivity contribution < 1.29 is 4.79 Å². The van der Waals surface area contributed by atoms with E-state index in [1.54, 1.807) is 41.2 Å². The fourth-order valence-electron chi connectivity index (χ4n) is 2.16.